The molecule has 0 radical (unpaired) electrons. The molecular formula is C12H14N2S2. The zero-order chi connectivity index (χ0) is 11.1. The molecule has 84 valence electrons. The maximum absolute atomic E-state index is 4.23. The van der Waals surface area contributed by atoms with E-state index >= 15 is 0 Å². The molecule has 16 heavy (non-hydrogen) atoms. The second-order valence-electron chi connectivity index (χ2n) is 3.29. The molecule has 2 aromatic rings. The van der Waals surface area contributed by atoms with Crippen molar-refractivity contribution in [3.63, 3.8) is 0 Å². The van der Waals surface area contributed by atoms with E-state index in [1.54, 1.807) is 11.3 Å². The van der Waals surface area contributed by atoms with Crippen molar-refractivity contribution < 1.29 is 0 Å². The van der Waals surface area contributed by atoms with Crippen molar-refractivity contribution in [3.8, 4) is 0 Å². The lowest BCUT2D eigenvalue weighted by Crippen LogP contribution is -2.01. The lowest BCUT2D eigenvalue weighted by molar-refractivity contribution is 0.990. The van der Waals surface area contributed by atoms with E-state index in [0.29, 0.717) is 0 Å². The summed E-state index contributed by atoms with van der Waals surface area (Å²) in [5, 5.41) is 5.41. The molecule has 0 unspecified atom stereocenters. The van der Waals surface area contributed by atoms with Crippen LogP contribution in [-0.4, -0.2) is 17.3 Å². The van der Waals surface area contributed by atoms with Crippen LogP contribution in [0.3, 0.4) is 0 Å². The number of thioether (sulfide) groups is 1. The van der Waals surface area contributed by atoms with E-state index in [0.717, 1.165) is 18.7 Å². The van der Waals surface area contributed by atoms with Gasteiger partial charge in [0.2, 0.25) is 0 Å². The standard InChI is InChI=1S/C12H14N2S2/c1-2-5-11(6-3-1)13-7-4-9-15-12-14-8-10-16-12/h1-3,5-6,8,10,13H,4,7,9H2. The van der Waals surface area contributed by atoms with Gasteiger partial charge in [-0.3, -0.25) is 0 Å². The number of nitrogens with zero attached hydrogens (tertiary/aromatic N) is 1. The topological polar surface area (TPSA) is 24.9 Å². The number of rotatable bonds is 6. The van der Waals surface area contributed by atoms with Crippen molar-refractivity contribution in [2.24, 2.45) is 0 Å². The Kier molecular flexibility index (Phi) is 4.70. The Morgan fingerprint density at radius 3 is 2.88 bits per heavy atom. The molecule has 0 aliphatic carbocycles. The number of para-hydroxylation sites is 1. The SMILES string of the molecule is c1ccc(NCCCSc2nccs2)cc1. The van der Waals surface area contributed by atoms with Crippen molar-refractivity contribution in [1.82, 2.24) is 4.98 Å². The summed E-state index contributed by atoms with van der Waals surface area (Å²) in [5.41, 5.74) is 1.20. The molecule has 0 spiro atoms. The summed E-state index contributed by atoms with van der Waals surface area (Å²) in [7, 11) is 0. The average molecular weight is 250 g/mol. The van der Waals surface area contributed by atoms with Gasteiger partial charge in [0.15, 0.2) is 0 Å². The normalized spacial score (nSPS) is 10.2. The van der Waals surface area contributed by atoms with Crippen molar-refractivity contribution in [1.29, 1.82) is 0 Å². The average Bonchev–Trinajstić information content (AvgIpc) is 2.83. The van der Waals surface area contributed by atoms with Crippen LogP contribution in [0.1, 0.15) is 6.42 Å². The first-order valence-corrected chi connectivity index (χ1v) is 7.13. The molecule has 0 fully saturated rings. The molecular weight excluding hydrogens is 236 g/mol. The number of aromatic nitrogens is 1. The van der Waals surface area contributed by atoms with Gasteiger partial charge in [-0.1, -0.05) is 30.0 Å². The van der Waals surface area contributed by atoms with Crippen LogP contribution in [-0.2, 0) is 0 Å². The summed E-state index contributed by atoms with van der Waals surface area (Å²) in [6.07, 6.45) is 3.01. The Morgan fingerprint density at radius 1 is 1.25 bits per heavy atom. The fourth-order valence-corrected chi connectivity index (χ4v) is 2.95. The molecule has 2 nitrogen and oxygen atoms in total. The Balaban J connectivity index is 1.59. The quantitative estimate of drug-likeness (QED) is 0.624. The molecule has 0 bridgehead atoms. The first-order valence-electron chi connectivity index (χ1n) is 5.26. The van der Waals surface area contributed by atoms with Gasteiger partial charge in [0.05, 0.1) is 0 Å². The molecule has 2 rings (SSSR count). The van der Waals surface area contributed by atoms with Crippen LogP contribution in [0.15, 0.2) is 46.2 Å². The molecule has 0 saturated carbocycles. The number of benzene rings is 1. The maximum Gasteiger partial charge on any atom is 0.149 e. The van der Waals surface area contributed by atoms with Gasteiger partial charge in [-0.25, -0.2) is 4.98 Å². The highest BCUT2D eigenvalue weighted by Crippen LogP contribution is 2.20. The minimum Gasteiger partial charge on any atom is -0.385 e. The lowest BCUT2D eigenvalue weighted by Gasteiger charge is -2.04. The molecule has 0 atom stereocenters. The van der Waals surface area contributed by atoms with Gasteiger partial charge in [0.25, 0.3) is 0 Å². The molecule has 0 aliphatic rings. The molecule has 0 saturated heterocycles. The summed E-state index contributed by atoms with van der Waals surface area (Å²) in [6.45, 7) is 1.02. The van der Waals surface area contributed by atoms with Crippen molar-refractivity contribution in [2.45, 2.75) is 10.8 Å². The van der Waals surface area contributed by atoms with Crippen LogP contribution < -0.4 is 5.32 Å². The monoisotopic (exact) mass is 250 g/mol. The Morgan fingerprint density at radius 2 is 2.12 bits per heavy atom. The van der Waals surface area contributed by atoms with E-state index in [-0.39, 0.29) is 0 Å². The minimum atomic E-state index is 1.02. The Labute approximate surface area is 104 Å². The van der Waals surface area contributed by atoms with Gasteiger partial charge in [-0.05, 0) is 18.6 Å². The highest BCUT2D eigenvalue weighted by atomic mass is 32.2. The molecule has 1 aromatic heterocycles. The van der Waals surface area contributed by atoms with E-state index in [2.05, 4.69) is 22.4 Å². The second kappa shape index (κ2) is 6.55. The summed E-state index contributed by atoms with van der Waals surface area (Å²) in [4.78, 5) is 4.23. The molecule has 1 N–H and O–H groups in total. The van der Waals surface area contributed by atoms with Crippen LogP contribution in [0, 0.1) is 0 Å². The first-order chi connectivity index (χ1) is 7.95. The van der Waals surface area contributed by atoms with Gasteiger partial charge in [-0.15, -0.1) is 11.3 Å². The number of thiazole rings is 1. The fourth-order valence-electron chi connectivity index (χ4n) is 1.30. The highest BCUT2D eigenvalue weighted by Gasteiger charge is 1.95. The fraction of sp³-hybridized carbons (Fsp3) is 0.250. The zero-order valence-electron chi connectivity index (χ0n) is 8.93. The lowest BCUT2D eigenvalue weighted by atomic mass is 10.3. The smallest absolute Gasteiger partial charge is 0.149 e. The minimum absolute atomic E-state index is 1.02. The summed E-state index contributed by atoms with van der Waals surface area (Å²) in [6, 6.07) is 10.3. The van der Waals surface area contributed by atoms with Gasteiger partial charge in [-0.2, -0.15) is 0 Å². The van der Waals surface area contributed by atoms with Crippen molar-refractivity contribution >= 4 is 28.8 Å². The third-order valence-corrected chi connectivity index (χ3v) is 4.11. The van der Waals surface area contributed by atoms with E-state index < -0.39 is 0 Å². The van der Waals surface area contributed by atoms with Gasteiger partial charge in [0.1, 0.15) is 4.34 Å². The third-order valence-electron chi connectivity index (χ3n) is 2.06. The largest absolute Gasteiger partial charge is 0.385 e. The highest BCUT2D eigenvalue weighted by molar-refractivity contribution is 8.00. The number of anilines is 1. The first kappa shape index (κ1) is 11.5. The van der Waals surface area contributed by atoms with Gasteiger partial charge < -0.3 is 5.32 Å². The van der Waals surface area contributed by atoms with Crippen LogP contribution in [0.5, 0.6) is 0 Å². The number of nitrogens with one attached hydrogen (secondary N) is 1. The summed E-state index contributed by atoms with van der Waals surface area (Å²) < 4.78 is 1.17. The molecule has 1 heterocycles. The number of hydrogen-bond acceptors (Lipinski definition) is 4. The summed E-state index contributed by atoms with van der Waals surface area (Å²) >= 11 is 3.54. The van der Waals surface area contributed by atoms with Crippen LogP contribution in [0.25, 0.3) is 0 Å². The number of hydrogen-bond donors (Lipinski definition) is 1. The molecule has 0 aliphatic heterocycles. The maximum atomic E-state index is 4.23. The van der Waals surface area contributed by atoms with Crippen molar-refractivity contribution in [2.75, 3.05) is 17.6 Å². The van der Waals surface area contributed by atoms with Crippen LogP contribution in [0.4, 0.5) is 5.69 Å². The van der Waals surface area contributed by atoms with Crippen LogP contribution in [0.2, 0.25) is 0 Å². The van der Waals surface area contributed by atoms with Gasteiger partial charge in [0, 0.05) is 29.6 Å². The van der Waals surface area contributed by atoms with E-state index in [1.165, 1.54) is 10.0 Å². The Bertz CT molecular complexity index is 387. The van der Waals surface area contributed by atoms with E-state index in [1.807, 2.05) is 41.5 Å². The van der Waals surface area contributed by atoms with Crippen LogP contribution >= 0.6 is 23.1 Å². The van der Waals surface area contributed by atoms with E-state index in [9.17, 15) is 0 Å². The molecule has 1 aromatic carbocycles. The summed E-state index contributed by atoms with van der Waals surface area (Å²) in [5.74, 6) is 1.12. The predicted octanol–water partition coefficient (Wildman–Crippen LogP) is 3.74. The molecule has 0 amide bonds. The second-order valence-corrected chi connectivity index (χ2v) is 5.53. The third kappa shape index (κ3) is 3.87. The molecule has 4 heteroatoms. The van der Waals surface area contributed by atoms with Gasteiger partial charge >= 0.3 is 0 Å². The Hall–Kier alpha value is -1.00. The zero-order valence-corrected chi connectivity index (χ0v) is 10.6. The predicted molar refractivity (Wildman–Crippen MR) is 72.4 cm³/mol. The van der Waals surface area contributed by atoms with E-state index in [4.69, 9.17) is 0 Å². The van der Waals surface area contributed by atoms with Crippen molar-refractivity contribution in [3.05, 3.63) is 41.9 Å².